The monoisotopic (exact) mass is 467 g/mol. The third-order valence-electron chi connectivity index (χ3n) is 8.72. The van der Waals surface area contributed by atoms with Gasteiger partial charge < -0.3 is 10.4 Å². The van der Waals surface area contributed by atoms with Crippen molar-refractivity contribution in [3.05, 3.63) is 83.8 Å². The highest BCUT2D eigenvalue weighted by Gasteiger charge is 2.28. The van der Waals surface area contributed by atoms with Gasteiger partial charge in [-0.2, -0.15) is 0 Å². The summed E-state index contributed by atoms with van der Waals surface area (Å²) in [6, 6.07) is 2.51. The number of aromatic nitrogens is 1. The smallest absolute Gasteiger partial charge is 0.0561 e. The summed E-state index contributed by atoms with van der Waals surface area (Å²) >= 11 is 0. The van der Waals surface area contributed by atoms with Crippen molar-refractivity contribution in [1.29, 1.82) is 5.41 Å². The van der Waals surface area contributed by atoms with Crippen molar-refractivity contribution in [2.75, 3.05) is 0 Å². The number of hydrogen-bond donors (Lipinski definition) is 2. The van der Waals surface area contributed by atoms with Crippen LogP contribution in [-0.2, 0) is 0 Å². The molecule has 3 heteroatoms. The predicted molar refractivity (Wildman–Crippen MR) is 148 cm³/mol. The number of aliphatic imine (C=N–C) groups is 1. The summed E-state index contributed by atoms with van der Waals surface area (Å²) in [5.41, 5.74) is 4.82. The highest BCUT2D eigenvalue weighted by atomic mass is 14.8. The van der Waals surface area contributed by atoms with Crippen LogP contribution < -0.4 is 0 Å². The molecule has 0 fully saturated rings. The second kappa shape index (κ2) is 11.4. The van der Waals surface area contributed by atoms with Gasteiger partial charge in [-0.05, 0) is 93.4 Å². The lowest BCUT2D eigenvalue weighted by atomic mass is 9.72. The molecule has 184 valence electrons. The van der Waals surface area contributed by atoms with E-state index in [9.17, 15) is 0 Å². The van der Waals surface area contributed by atoms with Gasteiger partial charge in [0, 0.05) is 35.5 Å². The van der Waals surface area contributed by atoms with Gasteiger partial charge in [0.2, 0.25) is 0 Å². The van der Waals surface area contributed by atoms with E-state index < -0.39 is 0 Å². The number of aromatic amines is 1. The van der Waals surface area contributed by atoms with Crippen LogP contribution >= 0.6 is 0 Å². The zero-order valence-electron chi connectivity index (χ0n) is 21.2. The summed E-state index contributed by atoms with van der Waals surface area (Å²) in [4.78, 5) is 7.85. The SMILES string of the molecule is CCC(CC(=N)c1cc[nH]c1)C1=CC=C[C@@H](C2C=CC(C3=CCC(C4CCCC=N4)C=C3)CC2)C1. The Morgan fingerprint density at radius 2 is 2.06 bits per heavy atom. The molecular formula is C32H41N3. The molecule has 35 heavy (non-hydrogen) atoms. The molecule has 0 saturated heterocycles. The van der Waals surface area contributed by atoms with Crippen LogP contribution in [0.25, 0.3) is 0 Å². The maximum Gasteiger partial charge on any atom is 0.0561 e. The average Bonchev–Trinajstić information content (AvgIpc) is 3.48. The van der Waals surface area contributed by atoms with Gasteiger partial charge in [-0.1, -0.05) is 61.1 Å². The van der Waals surface area contributed by atoms with E-state index in [0.29, 0.717) is 35.6 Å². The molecular weight excluding hydrogens is 426 g/mol. The number of allylic oxidation sites excluding steroid dienone is 9. The number of nitrogens with one attached hydrogen (secondary N) is 2. The average molecular weight is 468 g/mol. The Hall–Kier alpha value is -2.68. The Bertz CT molecular complexity index is 1050. The first-order valence-electron chi connectivity index (χ1n) is 13.9. The minimum Gasteiger partial charge on any atom is -0.367 e. The van der Waals surface area contributed by atoms with E-state index in [0.717, 1.165) is 43.4 Å². The number of H-pyrrole nitrogens is 1. The topological polar surface area (TPSA) is 52.0 Å². The summed E-state index contributed by atoms with van der Waals surface area (Å²) in [6.45, 7) is 2.27. The molecule has 3 nitrogen and oxygen atoms in total. The summed E-state index contributed by atoms with van der Waals surface area (Å²) in [7, 11) is 0. The van der Waals surface area contributed by atoms with E-state index in [1.807, 2.05) is 18.5 Å². The first kappa shape index (κ1) is 24.0. The van der Waals surface area contributed by atoms with Gasteiger partial charge >= 0.3 is 0 Å². The molecule has 2 heterocycles. The lowest BCUT2D eigenvalue weighted by molar-refractivity contribution is 0.379. The molecule has 3 aliphatic carbocycles. The van der Waals surface area contributed by atoms with Crippen LogP contribution in [-0.4, -0.2) is 23.0 Å². The van der Waals surface area contributed by atoms with Crippen molar-refractivity contribution in [3.63, 3.8) is 0 Å². The van der Waals surface area contributed by atoms with Crippen molar-refractivity contribution in [1.82, 2.24) is 4.98 Å². The van der Waals surface area contributed by atoms with E-state index in [4.69, 9.17) is 10.4 Å². The quantitative estimate of drug-likeness (QED) is 0.287. The second-order valence-electron chi connectivity index (χ2n) is 10.9. The lowest BCUT2D eigenvalue weighted by Gasteiger charge is -2.33. The Kier molecular flexibility index (Phi) is 7.81. The number of nitrogens with zero attached hydrogens (tertiary/aromatic N) is 1. The number of rotatable bonds is 8. The fourth-order valence-electron chi connectivity index (χ4n) is 6.46. The van der Waals surface area contributed by atoms with Gasteiger partial charge in [0.25, 0.3) is 0 Å². The van der Waals surface area contributed by atoms with Crippen molar-refractivity contribution in [2.45, 2.75) is 70.8 Å². The Labute approximate surface area is 211 Å². The van der Waals surface area contributed by atoms with Crippen molar-refractivity contribution in [2.24, 2.45) is 34.6 Å². The van der Waals surface area contributed by atoms with Gasteiger partial charge in [-0.25, -0.2) is 0 Å². The minimum atomic E-state index is 0.462. The third kappa shape index (κ3) is 5.77. The first-order chi connectivity index (χ1) is 17.2. The largest absolute Gasteiger partial charge is 0.367 e. The highest BCUT2D eigenvalue weighted by molar-refractivity contribution is 5.98. The Morgan fingerprint density at radius 3 is 2.74 bits per heavy atom. The molecule has 5 unspecified atom stereocenters. The molecule has 0 radical (unpaired) electrons. The molecule has 0 bridgehead atoms. The summed E-state index contributed by atoms with van der Waals surface area (Å²) < 4.78 is 0. The first-order valence-corrected chi connectivity index (χ1v) is 13.9. The summed E-state index contributed by atoms with van der Waals surface area (Å²) in [5.74, 6) is 2.85. The van der Waals surface area contributed by atoms with Gasteiger partial charge in [0.1, 0.15) is 0 Å². The fraction of sp³-hybridized carbons (Fsp3) is 0.500. The summed E-state index contributed by atoms with van der Waals surface area (Å²) in [6.07, 6.45) is 35.8. The second-order valence-corrected chi connectivity index (χ2v) is 10.9. The van der Waals surface area contributed by atoms with Gasteiger partial charge in [0.15, 0.2) is 0 Å². The van der Waals surface area contributed by atoms with Crippen molar-refractivity contribution in [3.8, 4) is 0 Å². The van der Waals surface area contributed by atoms with Gasteiger partial charge in [-0.3, -0.25) is 4.99 Å². The zero-order chi connectivity index (χ0) is 24.0. The van der Waals surface area contributed by atoms with E-state index in [1.54, 1.807) is 0 Å². The van der Waals surface area contributed by atoms with Crippen molar-refractivity contribution >= 4 is 11.9 Å². The molecule has 0 aromatic carbocycles. The molecule has 1 aromatic rings. The standard InChI is InChI=1S/C32H41N3/c1-2-23(21-31(33)30-17-19-34-22-30)28-6-5-7-29(20-28)26-11-9-24(10-12-26)25-13-15-27(16-14-25)32-8-3-4-18-35-32/h5-7,9,11,13-15,17-19,22-24,26-27,29,32-34H,2-4,8,10,12,16,20-21H2,1H3/t23?,24?,26?,27?,29-,32?/m1/s1. The molecule has 1 aliphatic heterocycles. The third-order valence-corrected chi connectivity index (χ3v) is 8.72. The summed E-state index contributed by atoms with van der Waals surface area (Å²) in [5, 5.41) is 8.54. The zero-order valence-corrected chi connectivity index (χ0v) is 21.2. The van der Waals surface area contributed by atoms with Gasteiger partial charge in [-0.15, -0.1) is 0 Å². The molecule has 0 saturated carbocycles. The molecule has 0 spiro atoms. The highest BCUT2D eigenvalue weighted by Crippen LogP contribution is 2.40. The molecule has 0 amide bonds. The maximum absolute atomic E-state index is 8.54. The molecule has 1 aromatic heterocycles. The lowest BCUT2D eigenvalue weighted by Crippen LogP contribution is -2.23. The van der Waals surface area contributed by atoms with E-state index in [-0.39, 0.29) is 0 Å². The van der Waals surface area contributed by atoms with Crippen LogP contribution in [0.5, 0.6) is 0 Å². The van der Waals surface area contributed by atoms with E-state index in [2.05, 4.69) is 66.7 Å². The van der Waals surface area contributed by atoms with Crippen LogP contribution in [0.4, 0.5) is 0 Å². The van der Waals surface area contributed by atoms with Gasteiger partial charge in [0.05, 0.1) is 6.04 Å². The van der Waals surface area contributed by atoms with Crippen LogP contribution in [0.15, 0.2) is 83.2 Å². The minimum absolute atomic E-state index is 0.462. The van der Waals surface area contributed by atoms with E-state index in [1.165, 1.54) is 36.8 Å². The molecule has 4 aliphatic rings. The predicted octanol–water partition coefficient (Wildman–Crippen LogP) is 8.01. The molecule has 6 atom stereocenters. The molecule has 5 rings (SSSR count). The maximum atomic E-state index is 8.54. The van der Waals surface area contributed by atoms with Crippen molar-refractivity contribution < 1.29 is 0 Å². The Balaban J connectivity index is 1.15. The van der Waals surface area contributed by atoms with Crippen LogP contribution in [0.1, 0.15) is 70.3 Å². The van der Waals surface area contributed by atoms with Crippen LogP contribution in [0, 0.1) is 35.0 Å². The number of hydrogen-bond acceptors (Lipinski definition) is 2. The molecule has 2 N–H and O–H groups in total. The normalized spacial score (nSPS) is 31.2. The van der Waals surface area contributed by atoms with Crippen LogP contribution in [0.3, 0.4) is 0 Å². The van der Waals surface area contributed by atoms with E-state index >= 15 is 0 Å². The fourth-order valence-corrected chi connectivity index (χ4v) is 6.46. The Morgan fingerprint density at radius 1 is 1.11 bits per heavy atom. The van der Waals surface area contributed by atoms with Crippen LogP contribution in [0.2, 0.25) is 0 Å².